The van der Waals surface area contributed by atoms with E-state index in [4.69, 9.17) is 20.9 Å². The van der Waals surface area contributed by atoms with E-state index in [0.29, 0.717) is 13.2 Å². The first-order valence-corrected chi connectivity index (χ1v) is 17.1. The zero-order valence-electron chi connectivity index (χ0n) is 20.0. The summed E-state index contributed by atoms with van der Waals surface area (Å²) in [6.07, 6.45) is 0. The van der Waals surface area contributed by atoms with Gasteiger partial charge in [-0.25, -0.2) is 0 Å². The van der Waals surface area contributed by atoms with E-state index in [0.717, 1.165) is 0 Å². The Balaban J connectivity index is 0.000000243. The van der Waals surface area contributed by atoms with Gasteiger partial charge in [-0.3, -0.25) is 0 Å². The van der Waals surface area contributed by atoms with E-state index in [-0.39, 0.29) is 5.41 Å². The van der Waals surface area contributed by atoms with Crippen LogP contribution in [-0.4, -0.2) is 13.2 Å². The highest BCUT2D eigenvalue weighted by Gasteiger charge is 2.47. The Labute approximate surface area is 220 Å². The fraction of sp³-hybridized carbons (Fsp3) is 0.172. The van der Waals surface area contributed by atoms with Crippen molar-refractivity contribution in [3.05, 3.63) is 121 Å². The van der Waals surface area contributed by atoms with Crippen LogP contribution in [0.4, 0.5) is 0 Å². The Bertz CT molecular complexity index is 1070. The monoisotopic (exact) mass is 537 g/mol. The molecule has 6 heteroatoms. The van der Waals surface area contributed by atoms with Crippen molar-refractivity contribution in [3.63, 3.8) is 0 Å². The molecule has 2 nitrogen and oxygen atoms in total. The first kappa shape index (κ1) is 26.3. The first-order valence-electron chi connectivity index (χ1n) is 11.6. The highest BCUT2D eigenvalue weighted by molar-refractivity contribution is 8.60. The molecule has 0 unspecified atom stereocenters. The standard InChI is InChI=1S/C24H20P.C5H11O2PS2/c1-5-13-21(14-6-1)25(22-15-7-2-8-16-22,23-17-9-3-10-18-23)24-19-11-4-12-20-24;1-5(2)3-6-8(9,10)7-4-5/h1-20H;3-4H2,1-2H3,(H,9,10)/q+1;. The van der Waals surface area contributed by atoms with Gasteiger partial charge in [0.05, 0.1) is 13.2 Å². The highest BCUT2D eigenvalue weighted by Crippen LogP contribution is 2.57. The van der Waals surface area contributed by atoms with Crippen molar-refractivity contribution in [1.29, 1.82) is 0 Å². The minimum atomic E-state index is -2.14. The van der Waals surface area contributed by atoms with Gasteiger partial charge in [0.15, 0.2) is 0 Å². The topological polar surface area (TPSA) is 18.5 Å². The predicted molar refractivity (Wildman–Crippen MR) is 160 cm³/mol. The Morgan fingerprint density at radius 3 is 1.09 bits per heavy atom. The van der Waals surface area contributed by atoms with Gasteiger partial charge in [-0.1, -0.05) is 98.9 Å². The van der Waals surface area contributed by atoms with Crippen molar-refractivity contribution in [1.82, 2.24) is 0 Å². The molecule has 0 saturated carbocycles. The molecule has 0 amide bonds. The normalized spacial score (nSPS) is 16.5. The molecule has 1 fully saturated rings. The van der Waals surface area contributed by atoms with E-state index in [2.05, 4.69) is 147 Å². The largest absolute Gasteiger partial charge is 0.321 e. The summed E-state index contributed by atoms with van der Waals surface area (Å²) < 4.78 is 10.5. The summed E-state index contributed by atoms with van der Waals surface area (Å²) in [6, 6.07) is 43.8. The number of benzene rings is 4. The van der Waals surface area contributed by atoms with Gasteiger partial charge < -0.3 is 9.05 Å². The molecule has 180 valence electrons. The van der Waals surface area contributed by atoms with Crippen LogP contribution >= 0.6 is 25.2 Å². The van der Waals surface area contributed by atoms with Crippen molar-refractivity contribution < 1.29 is 9.05 Å². The third kappa shape index (κ3) is 6.33. The number of thiol groups is 1. The maximum Gasteiger partial charge on any atom is 0.244 e. The van der Waals surface area contributed by atoms with Crippen LogP contribution in [0.5, 0.6) is 0 Å². The lowest BCUT2D eigenvalue weighted by molar-refractivity contribution is 0.0674. The summed E-state index contributed by atoms with van der Waals surface area (Å²) in [6.45, 7) is 5.48. The summed E-state index contributed by atoms with van der Waals surface area (Å²) >= 11 is 9.01. The number of rotatable bonds is 4. The maximum absolute atomic E-state index is 5.25. The van der Waals surface area contributed by atoms with Gasteiger partial charge in [-0.15, -0.1) is 0 Å². The summed E-state index contributed by atoms with van der Waals surface area (Å²) in [7, 11) is -1.91. The smallest absolute Gasteiger partial charge is 0.244 e. The van der Waals surface area contributed by atoms with E-state index in [9.17, 15) is 0 Å². The average molecular weight is 538 g/mol. The summed E-state index contributed by atoms with van der Waals surface area (Å²) in [5.41, 5.74) is -2.04. The number of hydrogen-bond acceptors (Lipinski definition) is 3. The molecular weight excluding hydrogens is 506 g/mol. The lowest BCUT2D eigenvalue weighted by atomic mass is 9.97. The second-order valence-electron chi connectivity index (χ2n) is 9.19. The van der Waals surface area contributed by atoms with Crippen LogP contribution in [0.2, 0.25) is 0 Å². The molecule has 5 rings (SSSR count). The summed E-state index contributed by atoms with van der Waals surface area (Å²) in [4.78, 5) is 0. The third-order valence-electron chi connectivity index (χ3n) is 5.81. The Kier molecular flexibility index (Phi) is 8.66. The zero-order chi connectivity index (χ0) is 24.8. The Hall–Kier alpha value is -1.77. The molecule has 0 atom stereocenters. The quantitative estimate of drug-likeness (QED) is 0.236. The molecule has 1 aliphatic rings. The lowest BCUT2D eigenvalue weighted by Crippen LogP contribution is -2.38. The van der Waals surface area contributed by atoms with Gasteiger partial charge >= 0.3 is 0 Å². The van der Waals surface area contributed by atoms with Crippen LogP contribution in [0.25, 0.3) is 0 Å². The van der Waals surface area contributed by atoms with Crippen LogP contribution in [0, 0.1) is 5.41 Å². The molecule has 1 saturated heterocycles. The molecule has 4 aromatic rings. The molecule has 0 N–H and O–H groups in total. The van der Waals surface area contributed by atoms with Gasteiger partial charge in [0.25, 0.3) is 0 Å². The minimum absolute atomic E-state index is 0.102. The van der Waals surface area contributed by atoms with E-state index in [1.807, 2.05) is 0 Å². The fourth-order valence-corrected chi connectivity index (χ4v) is 10.1. The molecule has 0 radical (unpaired) electrons. The van der Waals surface area contributed by atoms with Crippen molar-refractivity contribution in [3.8, 4) is 0 Å². The molecule has 0 spiro atoms. The van der Waals surface area contributed by atoms with Crippen molar-refractivity contribution in [2.24, 2.45) is 5.41 Å². The highest BCUT2D eigenvalue weighted by atomic mass is 32.9. The molecule has 1 heterocycles. The average Bonchev–Trinajstić information content (AvgIpc) is 2.90. The van der Waals surface area contributed by atoms with Gasteiger partial charge in [0.1, 0.15) is 28.5 Å². The molecule has 0 aliphatic carbocycles. The van der Waals surface area contributed by atoms with Gasteiger partial charge in [0, 0.05) is 5.41 Å². The van der Waals surface area contributed by atoms with E-state index in [1.54, 1.807) is 0 Å². The Morgan fingerprint density at radius 1 is 0.600 bits per heavy atom. The zero-order valence-corrected chi connectivity index (χ0v) is 23.5. The van der Waals surface area contributed by atoms with Crippen LogP contribution in [0.15, 0.2) is 121 Å². The fourth-order valence-electron chi connectivity index (χ4n) is 4.09. The van der Waals surface area contributed by atoms with Crippen LogP contribution in [0.1, 0.15) is 13.8 Å². The molecule has 4 aromatic carbocycles. The SMILES string of the molecule is CC1(C)COP(=S)(S)OC1.c1ccc([P+](c2ccccc2)(c2ccccc2)c2ccccc2)cc1. The summed E-state index contributed by atoms with van der Waals surface area (Å²) in [5, 5.41) is 5.55. The van der Waals surface area contributed by atoms with Crippen LogP contribution in [0.3, 0.4) is 0 Å². The van der Waals surface area contributed by atoms with Gasteiger partial charge in [0.2, 0.25) is 5.69 Å². The van der Waals surface area contributed by atoms with Gasteiger partial charge in [-0.05, 0) is 60.3 Å². The molecule has 1 aliphatic heterocycles. The number of hydrogen-bond donors (Lipinski definition) is 1. The van der Waals surface area contributed by atoms with E-state index in [1.165, 1.54) is 21.2 Å². The lowest BCUT2D eigenvalue weighted by Gasteiger charge is -2.33. The molecular formula is C29H31O2P2S2+. The van der Waals surface area contributed by atoms with Crippen LogP contribution < -0.4 is 21.2 Å². The second-order valence-corrected chi connectivity index (χ2v) is 17.9. The molecule has 0 bridgehead atoms. The van der Waals surface area contributed by atoms with Gasteiger partial charge in [-0.2, -0.15) is 0 Å². The molecule has 0 aromatic heterocycles. The third-order valence-corrected chi connectivity index (χ3v) is 12.3. The molecule has 35 heavy (non-hydrogen) atoms. The van der Waals surface area contributed by atoms with Crippen LogP contribution in [-0.2, 0) is 20.9 Å². The van der Waals surface area contributed by atoms with E-state index < -0.39 is 13.0 Å². The van der Waals surface area contributed by atoms with Crippen molar-refractivity contribution in [2.45, 2.75) is 13.8 Å². The maximum atomic E-state index is 5.25. The van der Waals surface area contributed by atoms with Crippen molar-refractivity contribution >= 4 is 58.2 Å². The first-order chi connectivity index (χ1) is 16.8. The second kappa shape index (κ2) is 11.5. The summed E-state index contributed by atoms with van der Waals surface area (Å²) in [5.74, 6) is 0. The van der Waals surface area contributed by atoms with E-state index >= 15 is 0 Å². The Morgan fingerprint density at radius 2 is 0.857 bits per heavy atom. The minimum Gasteiger partial charge on any atom is -0.321 e. The van der Waals surface area contributed by atoms with Crippen molar-refractivity contribution in [2.75, 3.05) is 13.2 Å². The predicted octanol–water partition coefficient (Wildman–Crippen LogP) is 6.52.